The number of carbonyl (C=O) groups is 1. The molecular weight excluding hydrogens is 236 g/mol. The van der Waals surface area contributed by atoms with E-state index in [1.807, 2.05) is 0 Å². The van der Waals surface area contributed by atoms with Gasteiger partial charge in [-0.25, -0.2) is 9.78 Å². The molecule has 0 atom stereocenters. The van der Waals surface area contributed by atoms with Crippen LogP contribution in [-0.4, -0.2) is 22.5 Å². The van der Waals surface area contributed by atoms with Gasteiger partial charge in [0.05, 0.1) is 18.5 Å². The summed E-state index contributed by atoms with van der Waals surface area (Å²) in [5, 5.41) is 0. The molecule has 5 heteroatoms. The first-order valence-electron chi connectivity index (χ1n) is 3.81. The maximum absolute atomic E-state index is 11.2. The molecule has 0 spiro atoms. The second-order valence-electron chi connectivity index (χ2n) is 2.35. The van der Waals surface area contributed by atoms with Gasteiger partial charge in [0.15, 0.2) is 5.69 Å². The highest BCUT2D eigenvalue weighted by atomic mass is 79.9. The molecule has 0 radical (unpaired) electrons. The third-order valence-corrected chi connectivity index (χ3v) is 2.13. The molecule has 13 heavy (non-hydrogen) atoms. The Morgan fingerprint density at radius 3 is 2.92 bits per heavy atom. The Balaban J connectivity index is 2.90. The molecular formula is C8H9BrN2O2. The van der Waals surface area contributed by atoms with Crippen LogP contribution in [0.25, 0.3) is 0 Å². The molecule has 0 aliphatic carbocycles. The molecule has 0 N–H and O–H groups in total. The Kier molecular flexibility index (Phi) is 3.36. The minimum atomic E-state index is -0.448. The molecule has 0 amide bonds. The third kappa shape index (κ3) is 2.48. The van der Waals surface area contributed by atoms with Crippen LogP contribution in [0.15, 0.2) is 10.8 Å². The maximum atomic E-state index is 11.2. The van der Waals surface area contributed by atoms with E-state index < -0.39 is 5.97 Å². The number of carbonyl (C=O) groups excluding carboxylic acids is 1. The normalized spacial score (nSPS) is 9.77. The molecule has 0 aromatic carbocycles. The monoisotopic (exact) mass is 244 g/mol. The number of hydrogen-bond acceptors (Lipinski definition) is 4. The van der Waals surface area contributed by atoms with Crippen LogP contribution in [0.4, 0.5) is 0 Å². The second-order valence-corrected chi connectivity index (χ2v) is 3.10. The first kappa shape index (κ1) is 10.1. The van der Waals surface area contributed by atoms with Crippen LogP contribution in [0.2, 0.25) is 0 Å². The smallest absolute Gasteiger partial charge is 0.358 e. The van der Waals surface area contributed by atoms with Crippen molar-refractivity contribution in [2.75, 3.05) is 6.61 Å². The summed E-state index contributed by atoms with van der Waals surface area (Å²) in [6.07, 6.45) is 1.40. The first-order valence-corrected chi connectivity index (χ1v) is 4.60. The van der Waals surface area contributed by atoms with Gasteiger partial charge in [-0.05, 0) is 29.8 Å². The zero-order valence-electron chi connectivity index (χ0n) is 7.37. The Labute approximate surface area is 84.5 Å². The average Bonchev–Trinajstić information content (AvgIpc) is 2.10. The fourth-order valence-electron chi connectivity index (χ4n) is 0.730. The number of rotatable bonds is 2. The van der Waals surface area contributed by atoms with Crippen LogP contribution in [0.5, 0.6) is 0 Å². The highest BCUT2D eigenvalue weighted by molar-refractivity contribution is 9.10. The predicted octanol–water partition coefficient (Wildman–Crippen LogP) is 1.72. The molecule has 0 aliphatic heterocycles. The molecule has 4 nitrogen and oxygen atoms in total. The minimum absolute atomic E-state index is 0.222. The number of esters is 1. The van der Waals surface area contributed by atoms with Crippen LogP contribution >= 0.6 is 15.9 Å². The summed E-state index contributed by atoms with van der Waals surface area (Å²) in [5.74, 6) is -0.448. The minimum Gasteiger partial charge on any atom is -0.461 e. The Morgan fingerprint density at radius 1 is 1.69 bits per heavy atom. The van der Waals surface area contributed by atoms with Crippen LogP contribution < -0.4 is 0 Å². The van der Waals surface area contributed by atoms with Crippen molar-refractivity contribution in [3.05, 3.63) is 22.2 Å². The lowest BCUT2D eigenvalue weighted by atomic mass is 10.4. The molecule has 0 unspecified atom stereocenters. The van der Waals surface area contributed by atoms with E-state index in [-0.39, 0.29) is 5.69 Å². The van der Waals surface area contributed by atoms with Crippen LogP contribution in [0.1, 0.15) is 23.1 Å². The van der Waals surface area contributed by atoms with E-state index in [1.54, 1.807) is 13.8 Å². The summed E-state index contributed by atoms with van der Waals surface area (Å²) in [6.45, 7) is 3.88. The lowest BCUT2D eigenvalue weighted by Crippen LogP contribution is -2.08. The van der Waals surface area contributed by atoms with E-state index in [2.05, 4.69) is 25.9 Å². The van der Waals surface area contributed by atoms with E-state index in [4.69, 9.17) is 4.74 Å². The molecule has 1 rings (SSSR count). The lowest BCUT2D eigenvalue weighted by Gasteiger charge is -2.01. The van der Waals surface area contributed by atoms with Crippen molar-refractivity contribution in [3.8, 4) is 0 Å². The van der Waals surface area contributed by atoms with Crippen LogP contribution in [0, 0.1) is 6.92 Å². The standard InChI is InChI=1S/C8H9BrN2O2/c1-3-13-8(12)6-4-10-5(2)7(9)11-6/h4H,3H2,1-2H3. The SMILES string of the molecule is CCOC(=O)c1cnc(C)c(Br)n1. The number of aryl methyl sites for hydroxylation is 1. The topological polar surface area (TPSA) is 52.1 Å². The number of hydrogen-bond donors (Lipinski definition) is 0. The molecule has 1 heterocycles. The summed E-state index contributed by atoms with van der Waals surface area (Å²) in [5.41, 5.74) is 0.965. The van der Waals surface area contributed by atoms with Crippen molar-refractivity contribution < 1.29 is 9.53 Å². The Bertz CT molecular complexity index is 328. The van der Waals surface area contributed by atoms with Crippen LogP contribution in [0.3, 0.4) is 0 Å². The molecule has 1 aromatic rings. The third-order valence-electron chi connectivity index (χ3n) is 1.38. The maximum Gasteiger partial charge on any atom is 0.358 e. The summed E-state index contributed by atoms with van der Waals surface area (Å²) < 4.78 is 5.33. The van der Waals surface area contributed by atoms with Gasteiger partial charge in [-0.1, -0.05) is 0 Å². The predicted molar refractivity (Wildman–Crippen MR) is 50.4 cm³/mol. The number of halogens is 1. The van der Waals surface area contributed by atoms with Gasteiger partial charge in [-0.15, -0.1) is 0 Å². The van der Waals surface area contributed by atoms with E-state index >= 15 is 0 Å². The van der Waals surface area contributed by atoms with E-state index in [0.717, 1.165) is 5.69 Å². The zero-order valence-corrected chi connectivity index (χ0v) is 8.96. The van der Waals surface area contributed by atoms with E-state index in [0.29, 0.717) is 11.2 Å². The fourth-order valence-corrected chi connectivity index (χ4v) is 1.02. The van der Waals surface area contributed by atoms with Crippen molar-refractivity contribution >= 4 is 21.9 Å². The number of nitrogens with zero attached hydrogens (tertiary/aromatic N) is 2. The quantitative estimate of drug-likeness (QED) is 0.744. The molecule has 1 aromatic heterocycles. The summed E-state index contributed by atoms with van der Waals surface area (Å²) in [4.78, 5) is 19.1. The average molecular weight is 245 g/mol. The number of ether oxygens (including phenoxy) is 1. The zero-order chi connectivity index (χ0) is 9.84. The Morgan fingerprint density at radius 2 is 2.38 bits per heavy atom. The molecule has 0 aliphatic rings. The highest BCUT2D eigenvalue weighted by Crippen LogP contribution is 2.10. The van der Waals surface area contributed by atoms with Crippen molar-refractivity contribution in [1.82, 2.24) is 9.97 Å². The van der Waals surface area contributed by atoms with Gasteiger partial charge >= 0.3 is 5.97 Å². The molecule has 0 bridgehead atoms. The highest BCUT2D eigenvalue weighted by Gasteiger charge is 2.09. The molecule has 70 valence electrons. The largest absolute Gasteiger partial charge is 0.461 e. The van der Waals surface area contributed by atoms with Gasteiger partial charge in [0, 0.05) is 0 Å². The van der Waals surface area contributed by atoms with Gasteiger partial charge in [0.2, 0.25) is 0 Å². The van der Waals surface area contributed by atoms with Gasteiger partial charge in [0.25, 0.3) is 0 Å². The van der Waals surface area contributed by atoms with Crippen molar-refractivity contribution in [3.63, 3.8) is 0 Å². The van der Waals surface area contributed by atoms with Crippen LogP contribution in [-0.2, 0) is 4.74 Å². The molecule has 0 saturated heterocycles. The van der Waals surface area contributed by atoms with Crippen molar-refractivity contribution in [1.29, 1.82) is 0 Å². The van der Waals surface area contributed by atoms with Crippen molar-refractivity contribution in [2.24, 2.45) is 0 Å². The number of aromatic nitrogens is 2. The van der Waals surface area contributed by atoms with E-state index in [9.17, 15) is 4.79 Å². The second kappa shape index (κ2) is 4.32. The Hall–Kier alpha value is -0.970. The van der Waals surface area contributed by atoms with Gasteiger partial charge in [0.1, 0.15) is 4.60 Å². The van der Waals surface area contributed by atoms with Crippen molar-refractivity contribution in [2.45, 2.75) is 13.8 Å². The molecule has 0 fully saturated rings. The lowest BCUT2D eigenvalue weighted by molar-refractivity contribution is 0.0518. The summed E-state index contributed by atoms with van der Waals surface area (Å²) in [7, 11) is 0. The molecule has 0 saturated carbocycles. The fraction of sp³-hybridized carbons (Fsp3) is 0.375. The first-order chi connectivity index (χ1) is 6.15. The van der Waals surface area contributed by atoms with Gasteiger partial charge < -0.3 is 4.74 Å². The van der Waals surface area contributed by atoms with Gasteiger partial charge in [-0.3, -0.25) is 4.98 Å². The summed E-state index contributed by atoms with van der Waals surface area (Å²) in [6, 6.07) is 0. The van der Waals surface area contributed by atoms with Gasteiger partial charge in [-0.2, -0.15) is 0 Å². The van der Waals surface area contributed by atoms with E-state index in [1.165, 1.54) is 6.20 Å². The summed E-state index contributed by atoms with van der Waals surface area (Å²) >= 11 is 3.18.